The van der Waals surface area contributed by atoms with E-state index in [1.807, 2.05) is 0 Å². The summed E-state index contributed by atoms with van der Waals surface area (Å²) in [6.45, 7) is 3.26. The maximum absolute atomic E-state index is 3.61. The number of nitrogens with one attached hydrogen (secondary N) is 1. The van der Waals surface area contributed by atoms with Crippen molar-refractivity contribution in [2.45, 2.75) is 32.2 Å². The maximum atomic E-state index is 3.61. The molecule has 1 saturated carbocycles. The molecule has 0 radical (unpaired) electrons. The Morgan fingerprint density at radius 1 is 1.31 bits per heavy atom. The molecule has 0 aliphatic heterocycles. The first-order chi connectivity index (χ1) is 7.90. The second-order valence-electron chi connectivity index (χ2n) is 4.57. The highest BCUT2D eigenvalue weighted by Gasteiger charge is 2.28. The van der Waals surface area contributed by atoms with Gasteiger partial charge in [-0.25, -0.2) is 0 Å². The van der Waals surface area contributed by atoms with Crippen LogP contribution in [-0.2, 0) is 0 Å². The summed E-state index contributed by atoms with van der Waals surface area (Å²) >= 11 is 0. The molecule has 0 heterocycles. The number of hydrogen-bond acceptors (Lipinski definition) is 1. The van der Waals surface area contributed by atoms with E-state index in [1.165, 1.54) is 24.8 Å². The summed E-state index contributed by atoms with van der Waals surface area (Å²) in [7, 11) is 0. The van der Waals surface area contributed by atoms with E-state index in [1.54, 1.807) is 0 Å². The number of benzene rings is 1. The molecule has 0 aromatic heterocycles. The molecule has 1 aromatic carbocycles. The summed E-state index contributed by atoms with van der Waals surface area (Å²) in [4.78, 5) is 0. The Labute approximate surface area is 98.6 Å². The zero-order valence-electron chi connectivity index (χ0n) is 10.0. The second kappa shape index (κ2) is 5.86. The van der Waals surface area contributed by atoms with Crippen molar-refractivity contribution in [3.05, 3.63) is 42.0 Å². The van der Waals surface area contributed by atoms with E-state index >= 15 is 0 Å². The normalized spacial score (nSPS) is 17.8. The zero-order valence-corrected chi connectivity index (χ0v) is 10.0. The molecule has 1 N–H and O–H groups in total. The molecule has 2 rings (SSSR count). The van der Waals surface area contributed by atoms with E-state index in [4.69, 9.17) is 0 Å². The average Bonchev–Trinajstić information content (AvgIpc) is 3.15. The lowest BCUT2D eigenvalue weighted by Gasteiger charge is -2.14. The maximum Gasteiger partial charge on any atom is 0.0140 e. The van der Waals surface area contributed by atoms with E-state index in [0.29, 0.717) is 0 Å². The molecule has 16 heavy (non-hydrogen) atoms. The first kappa shape index (κ1) is 11.4. The molecule has 1 heteroatoms. The molecule has 0 spiro atoms. The molecule has 1 nitrogen and oxygen atoms in total. The lowest BCUT2D eigenvalue weighted by atomic mass is 10.1. The summed E-state index contributed by atoms with van der Waals surface area (Å²) in [6.07, 6.45) is 8.51. The molecule has 1 fully saturated rings. The van der Waals surface area contributed by atoms with Crippen molar-refractivity contribution in [3.63, 3.8) is 0 Å². The van der Waals surface area contributed by atoms with Crippen LogP contribution in [0.3, 0.4) is 0 Å². The van der Waals surface area contributed by atoms with Gasteiger partial charge in [0.1, 0.15) is 0 Å². The lowest BCUT2D eigenvalue weighted by molar-refractivity contribution is 0.472. The minimum atomic E-state index is 0.737. The van der Waals surface area contributed by atoms with Crippen LogP contribution >= 0.6 is 0 Å². The molecular formula is C15H21N. The van der Waals surface area contributed by atoms with Crippen molar-refractivity contribution in [3.8, 4) is 0 Å². The number of rotatable bonds is 6. The average molecular weight is 215 g/mol. The largest absolute Gasteiger partial charge is 0.310 e. The van der Waals surface area contributed by atoms with E-state index in [-0.39, 0.29) is 0 Å². The Morgan fingerprint density at radius 2 is 2.06 bits per heavy atom. The van der Waals surface area contributed by atoms with Gasteiger partial charge in [0.25, 0.3) is 0 Å². The molecule has 1 unspecified atom stereocenters. The van der Waals surface area contributed by atoms with Crippen molar-refractivity contribution in [1.82, 2.24) is 5.32 Å². The Morgan fingerprint density at radius 3 is 2.69 bits per heavy atom. The van der Waals surface area contributed by atoms with Crippen LogP contribution in [0.1, 0.15) is 31.7 Å². The Kier molecular flexibility index (Phi) is 4.17. The van der Waals surface area contributed by atoms with Crippen LogP contribution in [-0.4, -0.2) is 12.6 Å². The van der Waals surface area contributed by atoms with Crippen LogP contribution in [0.5, 0.6) is 0 Å². The Bertz CT molecular complexity index is 325. The monoisotopic (exact) mass is 215 g/mol. The van der Waals surface area contributed by atoms with Gasteiger partial charge in [-0.15, -0.1) is 0 Å². The van der Waals surface area contributed by atoms with Gasteiger partial charge in [0.2, 0.25) is 0 Å². The number of hydrogen-bond donors (Lipinski definition) is 1. The SMILES string of the molecule is CCC(NC/C=C/c1ccccc1)C1CC1. The minimum absolute atomic E-state index is 0.737. The van der Waals surface area contributed by atoms with E-state index in [9.17, 15) is 0 Å². The van der Waals surface area contributed by atoms with Gasteiger partial charge in [-0.2, -0.15) is 0 Å². The van der Waals surface area contributed by atoms with Crippen molar-refractivity contribution in [2.75, 3.05) is 6.54 Å². The summed E-state index contributed by atoms with van der Waals surface area (Å²) < 4.78 is 0. The highest BCUT2D eigenvalue weighted by Crippen LogP contribution is 2.33. The lowest BCUT2D eigenvalue weighted by Crippen LogP contribution is -2.30. The predicted molar refractivity (Wildman–Crippen MR) is 70.3 cm³/mol. The van der Waals surface area contributed by atoms with Gasteiger partial charge in [0.15, 0.2) is 0 Å². The van der Waals surface area contributed by atoms with Gasteiger partial charge in [0, 0.05) is 12.6 Å². The molecular weight excluding hydrogens is 194 g/mol. The van der Waals surface area contributed by atoms with Crippen LogP contribution in [0.25, 0.3) is 6.08 Å². The molecule has 1 aliphatic carbocycles. The van der Waals surface area contributed by atoms with Gasteiger partial charge >= 0.3 is 0 Å². The fourth-order valence-corrected chi connectivity index (χ4v) is 2.12. The third-order valence-corrected chi connectivity index (χ3v) is 3.24. The molecule has 1 aliphatic rings. The fraction of sp³-hybridized carbons (Fsp3) is 0.467. The molecule has 1 atom stereocenters. The highest BCUT2D eigenvalue weighted by molar-refractivity contribution is 5.48. The van der Waals surface area contributed by atoms with Gasteiger partial charge < -0.3 is 5.32 Å². The molecule has 0 amide bonds. The van der Waals surface area contributed by atoms with Gasteiger partial charge in [-0.05, 0) is 30.7 Å². The fourth-order valence-electron chi connectivity index (χ4n) is 2.12. The Hall–Kier alpha value is -1.08. The van der Waals surface area contributed by atoms with Crippen LogP contribution in [0, 0.1) is 5.92 Å². The zero-order chi connectivity index (χ0) is 11.2. The van der Waals surface area contributed by atoms with Crippen molar-refractivity contribution in [2.24, 2.45) is 5.92 Å². The molecule has 86 valence electrons. The summed E-state index contributed by atoms with van der Waals surface area (Å²) in [6, 6.07) is 11.2. The van der Waals surface area contributed by atoms with Crippen LogP contribution < -0.4 is 5.32 Å². The summed E-state index contributed by atoms with van der Waals surface area (Å²) in [5, 5.41) is 3.61. The van der Waals surface area contributed by atoms with Crippen molar-refractivity contribution >= 4 is 6.08 Å². The highest BCUT2D eigenvalue weighted by atomic mass is 14.9. The van der Waals surface area contributed by atoms with Gasteiger partial charge in [0.05, 0.1) is 0 Å². The second-order valence-corrected chi connectivity index (χ2v) is 4.57. The molecule has 1 aromatic rings. The van der Waals surface area contributed by atoms with Crippen LogP contribution in [0.4, 0.5) is 0 Å². The van der Waals surface area contributed by atoms with E-state index in [0.717, 1.165) is 18.5 Å². The van der Waals surface area contributed by atoms with E-state index < -0.39 is 0 Å². The third-order valence-electron chi connectivity index (χ3n) is 3.24. The standard InChI is InChI=1S/C15H21N/c1-2-15(14-10-11-14)16-12-6-9-13-7-4-3-5-8-13/h3-9,14-16H,2,10-12H2,1H3/b9-6+. The predicted octanol–water partition coefficient (Wildman–Crippen LogP) is 3.48. The van der Waals surface area contributed by atoms with E-state index in [2.05, 4.69) is 54.7 Å². The van der Waals surface area contributed by atoms with Crippen LogP contribution in [0.15, 0.2) is 36.4 Å². The smallest absolute Gasteiger partial charge is 0.0140 e. The quantitative estimate of drug-likeness (QED) is 0.766. The first-order valence-electron chi connectivity index (χ1n) is 6.35. The topological polar surface area (TPSA) is 12.0 Å². The molecule has 0 saturated heterocycles. The Balaban J connectivity index is 1.72. The summed E-state index contributed by atoms with van der Waals surface area (Å²) in [5.74, 6) is 0.954. The molecule has 0 bridgehead atoms. The minimum Gasteiger partial charge on any atom is -0.310 e. The van der Waals surface area contributed by atoms with Crippen molar-refractivity contribution < 1.29 is 0 Å². The first-order valence-corrected chi connectivity index (χ1v) is 6.35. The summed E-state index contributed by atoms with van der Waals surface area (Å²) in [5.41, 5.74) is 1.28. The van der Waals surface area contributed by atoms with Gasteiger partial charge in [-0.1, -0.05) is 49.4 Å². The van der Waals surface area contributed by atoms with Crippen molar-refractivity contribution in [1.29, 1.82) is 0 Å². The third kappa shape index (κ3) is 3.49. The van der Waals surface area contributed by atoms with Gasteiger partial charge in [-0.3, -0.25) is 0 Å². The van der Waals surface area contributed by atoms with Crippen LogP contribution in [0.2, 0.25) is 0 Å².